The molecule has 0 aliphatic carbocycles. The molecule has 0 aliphatic heterocycles. The normalized spacial score (nSPS) is 10.2. The van der Waals surface area contributed by atoms with Crippen molar-refractivity contribution in [3.63, 3.8) is 0 Å². The number of carboxylic acids is 2. The van der Waals surface area contributed by atoms with Gasteiger partial charge in [0.1, 0.15) is 0 Å². The second-order valence-corrected chi connectivity index (χ2v) is 6.51. The van der Waals surface area contributed by atoms with E-state index in [1.54, 1.807) is 0 Å². The first-order valence-corrected chi connectivity index (χ1v) is 9.08. The number of fused-ring (bicyclic) bond motifs is 2. The standard InChI is InChI=1S/2C11H11NO2.Cd/c2*13-11(14)6-5-8-7-12-10-4-2-1-3-9(8)10;/h2*1-4,7,12H,5-6H2,(H,13,14);. The Kier molecular flexibility index (Phi) is 8.44. The number of aromatic amines is 2. The van der Waals surface area contributed by atoms with Crippen LogP contribution in [0.5, 0.6) is 0 Å². The van der Waals surface area contributed by atoms with E-state index in [4.69, 9.17) is 10.2 Å². The molecule has 4 rings (SSSR count). The number of aromatic nitrogens is 2. The molecule has 4 aromatic rings. The van der Waals surface area contributed by atoms with E-state index in [0.29, 0.717) is 12.8 Å². The molecule has 146 valence electrons. The number of hydrogen-bond acceptors (Lipinski definition) is 2. The smallest absolute Gasteiger partial charge is 0.303 e. The molecular formula is C22H22CdN2O4. The van der Waals surface area contributed by atoms with Crippen LogP contribution in [0.1, 0.15) is 24.0 Å². The maximum atomic E-state index is 10.4. The van der Waals surface area contributed by atoms with E-state index < -0.39 is 11.9 Å². The number of benzene rings is 2. The zero-order valence-corrected chi connectivity index (χ0v) is 20.1. The Bertz CT molecular complexity index is 1010. The first kappa shape index (κ1) is 22.7. The van der Waals surface area contributed by atoms with E-state index >= 15 is 0 Å². The van der Waals surface area contributed by atoms with Crippen LogP contribution in [0.3, 0.4) is 0 Å². The summed E-state index contributed by atoms with van der Waals surface area (Å²) in [7, 11) is 0. The van der Waals surface area contributed by atoms with Crippen LogP contribution in [-0.2, 0) is 49.7 Å². The fraction of sp³-hybridized carbons (Fsp3) is 0.182. The Morgan fingerprint density at radius 1 is 0.690 bits per heavy atom. The van der Waals surface area contributed by atoms with Gasteiger partial charge in [-0.3, -0.25) is 9.59 Å². The topological polar surface area (TPSA) is 106 Å². The van der Waals surface area contributed by atoms with Gasteiger partial charge in [0.05, 0.1) is 0 Å². The Hall–Kier alpha value is -2.62. The van der Waals surface area contributed by atoms with Crippen LogP contribution in [0.4, 0.5) is 0 Å². The number of para-hydroxylation sites is 2. The number of aliphatic carboxylic acids is 2. The summed E-state index contributed by atoms with van der Waals surface area (Å²) in [6.45, 7) is 0. The molecule has 0 atom stereocenters. The van der Waals surface area contributed by atoms with Gasteiger partial charge in [0.15, 0.2) is 0 Å². The minimum atomic E-state index is -0.754. The number of carboxylic acid groups (broad SMARTS) is 2. The van der Waals surface area contributed by atoms with Gasteiger partial charge in [-0.15, -0.1) is 0 Å². The molecule has 0 aliphatic rings. The molecule has 0 unspecified atom stereocenters. The number of aryl methyl sites for hydroxylation is 2. The summed E-state index contributed by atoms with van der Waals surface area (Å²) in [6.07, 6.45) is 5.30. The van der Waals surface area contributed by atoms with Crippen LogP contribution >= 0.6 is 0 Å². The zero-order valence-electron chi connectivity index (χ0n) is 16.0. The molecule has 0 spiro atoms. The fourth-order valence-corrected chi connectivity index (χ4v) is 3.16. The van der Waals surface area contributed by atoms with Gasteiger partial charge >= 0.3 is 11.9 Å². The molecule has 0 bridgehead atoms. The van der Waals surface area contributed by atoms with Crippen LogP contribution in [-0.4, -0.2) is 32.1 Å². The maximum absolute atomic E-state index is 10.4. The molecule has 0 fully saturated rings. The largest absolute Gasteiger partial charge is 0.481 e. The SMILES string of the molecule is O=C(O)CCc1c[nH]c2ccccc12.O=C(O)CCc1c[nH]c2ccccc12.[Cd]. The Morgan fingerprint density at radius 2 is 1.07 bits per heavy atom. The van der Waals surface area contributed by atoms with Crippen LogP contribution in [0.2, 0.25) is 0 Å². The molecule has 7 heteroatoms. The number of carbonyl (C=O) groups is 2. The summed E-state index contributed by atoms with van der Waals surface area (Å²) in [6, 6.07) is 15.8. The van der Waals surface area contributed by atoms with Gasteiger partial charge in [-0.05, 0) is 36.1 Å². The molecule has 2 heterocycles. The minimum Gasteiger partial charge on any atom is -0.481 e. The third-order valence-corrected chi connectivity index (χ3v) is 4.57. The van der Waals surface area contributed by atoms with Crippen molar-refractivity contribution >= 4 is 33.7 Å². The Balaban J connectivity index is 0.000000200. The first-order valence-electron chi connectivity index (χ1n) is 9.08. The van der Waals surface area contributed by atoms with Gasteiger partial charge in [-0.25, -0.2) is 0 Å². The van der Waals surface area contributed by atoms with Crippen molar-refractivity contribution in [1.29, 1.82) is 0 Å². The summed E-state index contributed by atoms with van der Waals surface area (Å²) in [5.74, 6) is -1.51. The van der Waals surface area contributed by atoms with Gasteiger partial charge in [0, 0.05) is 74.3 Å². The molecule has 29 heavy (non-hydrogen) atoms. The monoisotopic (exact) mass is 492 g/mol. The molecule has 4 N–H and O–H groups in total. The van der Waals surface area contributed by atoms with Gasteiger partial charge < -0.3 is 20.2 Å². The van der Waals surface area contributed by atoms with Crippen LogP contribution in [0, 0.1) is 0 Å². The summed E-state index contributed by atoms with van der Waals surface area (Å²) >= 11 is 0. The van der Waals surface area contributed by atoms with E-state index in [2.05, 4.69) is 9.97 Å². The summed E-state index contributed by atoms with van der Waals surface area (Å²) < 4.78 is 0. The summed E-state index contributed by atoms with van der Waals surface area (Å²) in [5, 5.41) is 19.4. The van der Waals surface area contributed by atoms with Crippen LogP contribution in [0.15, 0.2) is 60.9 Å². The van der Waals surface area contributed by atoms with Crippen molar-refractivity contribution in [3.8, 4) is 0 Å². The molecule has 2 aromatic carbocycles. The molecule has 0 amide bonds. The zero-order chi connectivity index (χ0) is 19.9. The van der Waals surface area contributed by atoms with E-state index in [0.717, 1.165) is 32.9 Å². The van der Waals surface area contributed by atoms with Crippen molar-refractivity contribution in [3.05, 3.63) is 72.1 Å². The Morgan fingerprint density at radius 3 is 1.45 bits per heavy atom. The number of rotatable bonds is 6. The number of H-pyrrole nitrogens is 2. The third-order valence-electron chi connectivity index (χ3n) is 4.57. The van der Waals surface area contributed by atoms with Crippen molar-refractivity contribution < 1.29 is 47.1 Å². The van der Waals surface area contributed by atoms with E-state index in [1.807, 2.05) is 60.9 Å². The quantitative estimate of drug-likeness (QED) is 0.301. The van der Waals surface area contributed by atoms with E-state index in [-0.39, 0.29) is 40.1 Å². The van der Waals surface area contributed by atoms with Crippen LogP contribution in [0.25, 0.3) is 21.8 Å². The van der Waals surface area contributed by atoms with Crippen molar-refractivity contribution in [2.45, 2.75) is 25.7 Å². The molecule has 2 aromatic heterocycles. The van der Waals surface area contributed by atoms with Gasteiger partial charge in [-0.1, -0.05) is 36.4 Å². The maximum Gasteiger partial charge on any atom is 0.303 e. The molecular weight excluding hydrogens is 469 g/mol. The number of nitrogens with one attached hydrogen (secondary N) is 2. The molecule has 0 radical (unpaired) electrons. The van der Waals surface area contributed by atoms with Gasteiger partial charge in [-0.2, -0.15) is 0 Å². The average molecular weight is 491 g/mol. The van der Waals surface area contributed by atoms with Crippen molar-refractivity contribution in [2.75, 3.05) is 0 Å². The molecule has 0 saturated heterocycles. The molecule has 6 nitrogen and oxygen atoms in total. The first-order chi connectivity index (χ1) is 13.5. The van der Waals surface area contributed by atoms with Crippen molar-refractivity contribution in [2.24, 2.45) is 0 Å². The Labute approximate surface area is 188 Å². The van der Waals surface area contributed by atoms with E-state index in [9.17, 15) is 9.59 Å². The van der Waals surface area contributed by atoms with Gasteiger partial charge in [0.2, 0.25) is 0 Å². The predicted octanol–water partition coefficient (Wildman–Crippen LogP) is 4.37. The third kappa shape index (κ3) is 6.18. The predicted molar refractivity (Wildman–Crippen MR) is 109 cm³/mol. The van der Waals surface area contributed by atoms with Crippen LogP contribution < -0.4 is 0 Å². The summed E-state index contributed by atoms with van der Waals surface area (Å²) in [4.78, 5) is 27.1. The second-order valence-electron chi connectivity index (χ2n) is 6.51. The average Bonchev–Trinajstić information content (AvgIpc) is 3.29. The second kappa shape index (κ2) is 10.8. The van der Waals surface area contributed by atoms with Crippen molar-refractivity contribution in [1.82, 2.24) is 9.97 Å². The minimum absolute atomic E-state index is 0. The molecule has 0 saturated carbocycles. The fourth-order valence-electron chi connectivity index (χ4n) is 3.16. The summed E-state index contributed by atoms with van der Waals surface area (Å²) in [5.41, 5.74) is 4.27. The number of hydrogen-bond donors (Lipinski definition) is 4. The van der Waals surface area contributed by atoms with Gasteiger partial charge in [0.25, 0.3) is 0 Å². The van der Waals surface area contributed by atoms with E-state index in [1.165, 1.54) is 0 Å².